The summed E-state index contributed by atoms with van der Waals surface area (Å²) in [6.07, 6.45) is 7.87. The predicted molar refractivity (Wildman–Crippen MR) is 164 cm³/mol. The van der Waals surface area contributed by atoms with Gasteiger partial charge in [-0.2, -0.15) is 0 Å². The first-order chi connectivity index (χ1) is 20.8. The number of hydrogen-bond donors (Lipinski definition) is 2. The van der Waals surface area contributed by atoms with E-state index in [1.807, 2.05) is 18.2 Å². The molecule has 2 saturated heterocycles. The Bertz CT molecular complexity index is 1640. The van der Waals surface area contributed by atoms with Gasteiger partial charge in [0, 0.05) is 44.0 Å². The first-order valence-electron chi connectivity index (χ1n) is 14.7. The minimum Gasteiger partial charge on any atom is -0.378 e. The Kier molecular flexibility index (Phi) is 8.04. The summed E-state index contributed by atoms with van der Waals surface area (Å²) in [5.74, 6) is 0.534. The normalized spacial score (nSPS) is 16.9. The van der Waals surface area contributed by atoms with Crippen LogP contribution in [0.5, 0.6) is 0 Å². The van der Waals surface area contributed by atoms with Gasteiger partial charge in [0.05, 0.1) is 36.5 Å². The van der Waals surface area contributed by atoms with Crippen molar-refractivity contribution < 1.29 is 14.3 Å². The van der Waals surface area contributed by atoms with E-state index >= 15 is 0 Å². The molecule has 12 heteroatoms. The van der Waals surface area contributed by atoms with Crippen molar-refractivity contribution in [2.24, 2.45) is 0 Å². The van der Waals surface area contributed by atoms with Crippen molar-refractivity contribution in [2.75, 3.05) is 54.9 Å². The summed E-state index contributed by atoms with van der Waals surface area (Å²) in [7, 11) is 0. The second kappa shape index (κ2) is 12.1. The first kappa shape index (κ1) is 28.7. The summed E-state index contributed by atoms with van der Waals surface area (Å²) in [5, 5.41) is 14.2. The number of ether oxygens (including phenoxy) is 1. The minimum absolute atomic E-state index is 0.0869. The van der Waals surface area contributed by atoms with E-state index in [4.69, 9.17) is 4.74 Å². The molecule has 2 amide bonds. The fourth-order valence-corrected chi connectivity index (χ4v) is 5.73. The summed E-state index contributed by atoms with van der Waals surface area (Å²) in [4.78, 5) is 39.4. The third-order valence-corrected chi connectivity index (χ3v) is 8.33. The Balaban J connectivity index is 1.13. The molecule has 0 bridgehead atoms. The molecule has 6 heterocycles. The van der Waals surface area contributed by atoms with Crippen LogP contribution in [0.15, 0.2) is 48.9 Å². The molecule has 0 saturated carbocycles. The van der Waals surface area contributed by atoms with Gasteiger partial charge in [-0.15, -0.1) is 10.2 Å². The monoisotopic (exact) mass is 583 g/mol. The molecule has 2 fully saturated rings. The fourth-order valence-electron chi connectivity index (χ4n) is 5.73. The highest BCUT2D eigenvalue weighted by atomic mass is 16.5. The minimum atomic E-state index is -0.427. The van der Waals surface area contributed by atoms with Gasteiger partial charge < -0.3 is 20.3 Å². The number of anilines is 3. The number of nitrogens with one attached hydrogen (secondary N) is 2. The molecular weight excluding hydrogens is 546 g/mol. The van der Waals surface area contributed by atoms with Crippen LogP contribution < -0.4 is 15.5 Å². The molecule has 2 aliphatic heterocycles. The van der Waals surface area contributed by atoms with Crippen LogP contribution in [0.3, 0.4) is 0 Å². The average Bonchev–Trinajstić information content (AvgIpc) is 3.60. The number of amides is 2. The Hall–Kier alpha value is -4.42. The van der Waals surface area contributed by atoms with E-state index < -0.39 is 5.91 Å². The molecule has 4 aromatic rings. The average molecular weight is 584 g/mol. The van der Waals surface area contributed by atoms with Crippen LogP contribution in [0.25, 0.3) is 16.8 Å². The maximum Gasteiger partial charge on any atom is 0.294 e. The molecule has 0 aliphatic carbocycles. The number of fused-ring (bicyclic) bond motifs is 1. The number of aryl methyl sites for hydroxylation is 1. The number of rotatable bonds is 8. The number of morpholine rings is 1. The van der Waals surface area contributed by atoms with Crippen LogP contribution in [0.4, 0.5) is 17.2 Å². The van der Waals surface area contributed by atoms with Crippen LogP contribution in [0.2, 0.25) is 0 Å². The molecule has 6 rings (SSSR count). The molecule has 0 radical (unpaired) electrons. The van der Waals surface area contributed by atoms with E-state index in [9.17, 15) is 9.59 Å². The lowest BCUT2D eigenvalue weighted by Crippen LogP contribution is -2.39. The lowest BCUT2D eigenvalue weighted by Gasteiger charge is -2.31. The SMILES string of the molecule is Cc1ncc(NC(=O)CCN2CCCC2(C)C)cc1NC(=O)c1nnc2cc(-c3ccnc(N4CCOCC4)c3)ccn12. The van der Waals surface area contributed by atoms with Crippen LogP contribution in [-0.2, 0) is 9.53 Å². The van der Waals surface area contributed by atoms with Crippen molar-refractivity contribution in [1.29, 1.82) is 0 Å². The molecule has 4 aromatic heterocycles. The number of carbonyl (C=O) groups is 2. The number of aromatic nitrogens is 5. The molecule has 224 valence electrons. The Labute approximate surface area is 250 Å². The molecule has 0 unspecified atom stereocenters. The van der Waals surface area contributed by atoms with Crippen LogP contribution in [0.1, 0.15) is 49.4 Å². The maximum absolute atomic E-state index is 13.3. The molecule has 0 aromatic carbocycles. The van der Waals surface area contributed by atoms with Crippen molar-refractivity contribution in [3.63, 3.8) is 0 Å². The maximum atomic E-state index is 13.3. The molecular formula is C31H37N9O3. The van der Waals surface area contributed by atoms with Crippen molar-refractivity contribution in [3.05, 3.63) is 60.4 Å². The van der Waals surface area contributed by atoms with Crippen molar-refractivity contribution in [2.45, 2.75) is 45.6 Å². The lowest BCUT2D eigenvalue weighted by atomic mass is 10.0. The summed E-state index contributed by atoms with van der Waals surface area (Å²) in [6.45, 7) is 10.9. The van der Waals surface area contributed by atoms with Gasteiger partial charge in [-0.3, -0.25) is 23.9 Å². The van der Waals surface area contributed by atoms with Crippen LogP contribution in [-0.4, -0.2) is 86.2 Å². The second-order valence-electron chi connectivity index (χ2n) is 11.7. The molecule has 43 heavy (non-hydrogen) atoms. The number of likely N-dealkylation sites (tertiary alicyclic amines) is 1. The molecule has 2 aliphatic rings. The van der Waals surface area contributed by atoms with E-state index in [1.54, 1.807) is 36.0 Å². The fraction of sp³-hybridized carbons (Fsp3) is 0.419. The highest BCUT2D eigenvalue weighted by Crippen LogP contribution is 2.28. The zero-order valence-electron chi connectivity index (χ0n) is 24.8. The van der Waals surface area contributed by atoms with E-state index in [1.165, 1.54) is 0 Å². The number of pyridine rings is 3. The van der Waals surface area contributed by atoms with E-state index in [0.29, 0.717) is 48.9 Å². The smallest absolute Gasteiger partial charge is 0.294 e. The van der Waals surface area contributed by atoms with E-state index in [-0.39, 0.29) is 17.3 Å². The van der Waals surface area contributed by atoms with E-state index in [0.717, 1.165) is 49.4 Å². The third-order valence-electron chi connectivity index (χ3n) is 8.33. The number of nitrogens with zero attached hydrogens (tertiary/aromatic N) is 7. The highest BCUT2D eigenvalue weighted by Gasteiger charge is 2.31. The van der Waals surface area contributed by atoms with Gasteiger partial charge >= 0.3 is 0 Å². The predicted octanol–water partition coefficient (Wildman–Crippen LogP) is 3.79. The topological polar surface area (TPSA) is 130 Å². The first-order valence-corrected chi connectivity index (χ1v) is 14.7. The van der Waals surface area contributed by atoms with Crippen molar-refractivity contribution >= 4 is 34.7 Å². The molecule has 0 spiro atoms. The molecule has 0 atom stereocenters. The Morgan fingerprint density at radius 2 is 1.81 bits per heavy atom. The zero-order chi connectivity index (χ0) is 30.0. The Morgan fingerprint density at radius 1 is 1.00 bits per heavy atom. The summed E-state index contributed by atoms with van der Waals surface area (Å²) in [6, 6.07) is 9.55. The molecule has 2 N–H and O–H groups in total. The van der Waals surface area contributed by atoms with Crippen molar-refractivity contribution in [3.8, 4) is 11.1 Å². The number of carbonyl (C=O) groups excluding carboxylic acids is 2. The molecule has 12 nitrogen and oxygen atoms in total. The van der Waals surface area contributed by atoms with Gasteiger partial charge in [0.25, 0.3) is 5.91 Å². The number of hydrogen-bond acceptors (Lipinski definition) is 9. The summed E-state index contributed by atoms with van der Waals surface area (Å²) >= 11 is 0. The van der Waals surface area contributed by atoms with E-state index in [2.05, 4.69) is 60.5 Å². The Morgan fingerprint density at radius 3 is 2.60 bits per heavy atom. The zero-order valence-corrected chi connectivity index (χ0v) is 24.8. The quantitative estimate of drug-likeness (QED) is 0.318. The largest absolute Gasteiger partial charge is 0.378 e. The van der Waals surface area contributed by atoms with Crippen LogP contribution in [0, 0.1) is 6.92 Å². The third kappa shape index (κ3) is 6.35. The van der Waals surface area contributed by atoms with Gasteiger partial charge in [0.1, 0.15) is 5.82 Å². The highest BCUT2D eigenvalue weighted by molar-refractivity contribution is 6.03. The second-order valence-corrected chi connectivity index (χ2v) is 11.7. The van der Waals surface area contributed by atoms with Gasteiger partial charge in [-0.25, -0.2) is 4.98 Å². The lowest BCUT2D eigenvalue weighted by molar-refractivity contribution is -0.116. The van der Waals surface area contributed by atoms with Crippen LogP contribution >= 0.6 is 0 Å². The van der Waals surface area contributed by atoms with Gasteiger partial charge in [0.2, 0.25) is 11.7 Å². The summed E-state index contributed by atoms with van der Waals surface area (Å²) < 4.78 is 7.11. The standard InChI is InChI=1S/C31H37N9O3/c1-21-25(19-24(20-33-21)34-28(41)7-11-39-10-4-8-31(39,2)3)35-30(42)29-37-36-27-18-23(6-12-40(27)29)22-5-9-32-26(17-22)38-13-15-43-16-14-38/h5-6,9,12,17-20H,4,7-8,10-11,13-16H2,1-3H3,(H,34,41)(H,35,42). The van der Waals surface area contributed by atoms with Crippen molar-refractivity contribution in [1.82, 2.24) is 29.5 Å². The van der Waals surface area contributed by atoms with Gasteiger partial charge in [0.15, 0.2) is 5.65 Å². The van der Waals surface area contributed by atoms with Gasteiger partial charge in [-0.1, -0.05) is 0 Å². The summed E-state index contributed by atoms with van der Waals surface area (Å²) in [5.41, 5.74) is 4.25. The van der Waals surface area contributed by atoms with Gasteiger partial charge in [-0.05, 0) is 81.6 Å².